The lowest BCUT2D eigenvalue weighted by Gasteiger charge is -2.36. The molecule has 1 aliphatic rings. The second kappa shape index (κ2) is 9.01. The minimum atomic E-state index is -4.57. The van der Waals surface area contributed by atoms with Crippen LogP contribution < -0.4 is 5.32 Å². The molecule has 3 aromatic rings. The average molecular weight is 491 g/mol. The van der Waals surface area contributed by atoms with Gasteiger partial charge in [0.2, 0.25) is 11.9 Å². The summed E-state index contributed by atoms with van der Waals surface area (Å²) < 4.78 is 38.8. The maximum absolute atomic E-state index is 13.0. The van der Waals surface area contributed by atoms with E-state index in [1.807, 2.05) is 13.0 Å². The van der Waals surface area contributed by atoms with Crippen LogP contribution in [-0.4, -0.2) is 62.7 Å². The highest BCUT2D eigenvalue weighted by molar-refractivity contribution is 7.17. The lowest BCUT2D eigenvalue weighted by Crippen LogP contribution is -2.56. The van der Waals surface area contributed by atoms with E-state index in [9.17, 15) is 22.8 Å². The van der Waals surface area contributed by atoms with Crippen molar-refractivity contribution in [1.82, 2.24) is 24.8 Å². The number of nitrogens with zero attached hydrogens (tertiary/aromatic N) is 5. The van der Waals surface area contributed by atoms with Crippen LogP contribution in [0, 0.1) is 6.92 Å². The summed E-state index contributed by atoms with van der Waals surface area (Å²) >= 11 is 1.19. The summed E-state index contributed by atoms with van der Waals surface area (Å²) in [6.07, 6.45) is -1.96. The number of nitrogens with one attached hydrogen (secondary N) is 1. The van der Waals surface area contributed by atoms with Crippen molar-refractivity contribution >= 4 is 34.8 Å². The molecule has 4 rings (SSSR count). The van der Waals surface area contributed by atoms with Crippen molar-refractivity contribution in [2.75, 3.05) is 25.5 Å². The van der Waals surface area contributed by atoms with Crippen LogP contribution in [0.4, 0.5) is 24.8 Å². The zero-order valence-electron chi connectivity index (χ0n) is 18.6. The number of carbonyl (C=O) groups excluding carboxylic acids is 2. The van der Waals surface area contributed by atoms with Crippen LogP contribution in [0.3, 0.4) is 0 Å². The van der Waals surface area contributed by atoms with Gasteiger partial charge in [-0.25, -0.2) is 15.0 Å². The maximum Gasteiger partial charge on any atom is 0.433 e. The molecule has 1 saturated heterocycles. The van der Waals surface area contributed by atoms with Crippen molar-refractivity contribution in [1.29, 1.82) is 0 Å². The number of halogens is 3. The molecular formula is C22H21F3N6O2S. The van der Waals surface area contributed by atoms with Gasteiger partial charge >= 0.3 is 6.18 Å². The molecule has 1 atom stereocenters. The number of amides is 2. The van der Waals surface area contributed by atoms with Crippen LogP contribution in [0.25, 0.3) is 10.4 Å². The first-order chi connectivity index (χ1) is 16.0. The number of rotatable bonds is 4. The van der Waals surface area contributed by atoms with E-state index in [0.717, 1.165) is 23.4 Å². The van der Waals surface area contributed by atoms with Gasteiger partial charge < -0.3 is 15.1 Å². The quantitative estimate of drug-likeness (QED) is 0.595. The van der Waals surface area contributed by atoms with Gasteiger partial charge in [-0.3, -0.25) is 9.59 Å². The summed E-state index contributed by atoms with van der Waals surface area (Å²) in [5, 5.41) is 3.07. The Labute approximate surface area is 197 Å². The van der Waals surface area contributed by atoms with Crippen LogP contribution in [0.2, 0.25) is 0 Å². The van der Waals surface area contributed by atoms with Crippen molar-refractivity contribution in [2.24, 2.45) is 0 Å². The van der Waals surface area contributed by atoms with E-state index in [1.165, 1.54) is 16.2 Å². The smallest absolute Gasteiger partial charge is 0.342 e. The third-order valence-electron chi connectivity index (χ3n) is 5.39. The van der Waals surface area contributed by atoms with Crippen LogP contribution in [0.15, 0.2) is 36.7 Å². The molecule has 0 saturated carbocycles. The van der Waals surface area contributed by atoms with Gasteiger partial charge in [-0.05, 0) is 43.2 Å². The molecule has 1 fully saturated rings. The summed E-state index contributed by atoms with van der Waals surface area (Å²) in [4.78, 5) is 40.7. The number of carbonyl (C=O) groups is 2. The van der Waals surface area contributed by atoms with Gasteiger partial charge in [0.15, 0.2) is 5.01 Å². The third-order valence-corrected chi connectivity index (χ3v) is 6.43. The predicted molar refractivity (Wildman–Crippen MR) is 121 cm³/mol. The van der Waals surface area contributed by atoms with E-state index in [2.05, 4.69) is 20.3 Å². The number of hydrogen-bond donors (Lipinski definition) is 1. The first-order valence-electron chi connectivity index (χ1n) is 10.3. The number of likely N-dealkylation sites (N-methyl/N-ethyl adjacent to an activating group) is 1. The minimum absolute atomic E-state index is 0.123. The first-order valence-corrected chi connectivity index (χ1v) is 11.2. The Balaban J connectivity index is 1.56. The zero-order chi connectivity index (χ0) is 24.6. The molecule has 178 valence electrons. The molecule has 0 bridgehead atoms. The molecule has 2 amide bonds. The molecule has 1 unspecified atom stereocenters. The highest BCUT2D eigenvalue weighted by atomic mass is 32.1. The molecule has 8 nitrogen and oxygen atoms in total. The van der Waals surface area contributed by atoms with Crippen LogP contribution in [-0.2, 0) is 11.0 Å². The third kappa shape index (κ3) is 4.86. The molecule has 0 spiro atoms. The number of benzene rings is 1. The van der Waals surface area contributed by atoms with E-state index in [-0.39, 0.29) is 22.8 Å². The van der Waals surface area contributed by atoms with Gasteiger partial charge in [0.05, 0.1) is 4.88 Å². The van der Waals surface area contributed by atoms with E-state index in [4.69, 9.17) is 0 Å². The molecule has 2 aromatic heterocycles. The van der Waals surface area contributed by atoms with E-state index in [1.54, 1.807) is 37.2 Å². The molecule has 1 aromatic carbocycles. The highest BCUT2D eigenvalue weighted by Gasteiger charge is 2.34. The van der Waals surface area contributed by atoms with Gasteiger partial charge in [0, 0.05) is 38.2 Å². The molecule has 3 heterocycles. The number of thiazole rings is 1. The standard InChI is InChI=1S/C22H21F3N6O2S/c1-12-8-14(10-15(9-12)28-21-26-5-4-17(29-21)22(23,24)25)16-11-27-18(34-16)20(33)31-7-6-30(3)19(32)13(31)2/h4-5,8-11,13H,6-7H2,1-3H3,(H,26,28,29). The fourth-order valence-electron chi connectivity index (χ4n) is 3.62. The number of aromatic nitrogens is 3. The lowest BCUT2D eigenvalue weighted by atomic mass is 10.1. The van der Waals surface area contributed by atoms with Crippen LogP contribution in [0.1, 0.15) is 28.0 Å². The Hall–Kier alpha value is -3.54. The van der Waals surface area contributed by atoms with Crippen molar-refractivity contribution in [2.45, 2.75) is 26.1 Å². The van der Waals surface area contributed by atoms with Gasteiger partial charge in [0.25, 0.3) is 5.91 Å². The van der Waals surface area contributed by atoms with E-state index < -0.39 is 17.9 Å². The Bertz CT molecular complexity index is 1250. The summed E-state index contributed by atoms with van der Waals surface area (Å²) in [6.45, 7) is 4.41. The van der Waals surface area contributed by atoms with Gasteiger partial charge in [-0.1, -0.05) is 6.07 Å². The minimum Gasteiger partial charge on any atom is -0.342 e. The Kier molecular flexibility index (Phi) is 6.26. The second-order valence-electron chi connectivity index (χ2n) is 7.94. The Morgan fingerprint density at radius 1 is 1.21 bits per heavy atom. The van der Waals surface area contributed by atoms with Gasteiger partial charge in [0.1, 0.15) is 11.7 Å². The summed E-state index contributed by atoms with van der Waals surface area (Å²) in [5.41, 5.74) is 1.02. The van der Waals surface area contributed by atoms with E-state index in [0.29, 0.717) is 23.7 Å². The largest absolute Gasteiger partial charge is 0.433 e. The number of alkyl halides is 3. The number of aryl methyl sites for hydroxylation is 1. The SMILES string of the molecule is Cc1cc(Nc2nccc(C(F)(F)F)n2)cc(-c2cnc(C(=O)N3CCN(C)C(=O)C3C)s2)c1. The van der Waals surface area contributed by atoms with Crippen LogP contribution in [0.5, 0.6) is 0 Å². The molecular weight excluding hydrogens is 469 g/mol. The summed E-state index contributed by atoms with van der Waals surface area (Å²) in [6, 6.07) is 5.58. The highest BCUT2D eigenvalue weighted by Crippen LogP contribution is 2.32. The van der Waals surface area contributed by atoms with Crippen LogP contribution >= 0.6 is 11.3 Å². The first kappa shape index (κ1) is 23.6. The number of piperazine rings is 1. The predicted octanol–water partition coefficient (Wildman–Crippen LogP) is 3.97. The van der Waals surface area contributed by atoms with Crippen molar-refractivity contribution in [3.05, 3.63) is 52.9 Å². The topological polar surface area (TPSA) is 91.3 Å². The Morgan fingerprint density at radius 3 is 2.71 bits per heavy atom. The normalized spacial score (nSPS) is 16.6. The van der Waals surface area contributed by atoms with Crippen molar-refractivity contribution in [3.63, 3.8) is 0 Å². The number of anilines is 2. The second-order valence-corrected chi connectivity index (χ2v) is 8.97. The van der Waals surface area contributed by atoms with Gasteiger partial charge in [-0.15, -0.1) is 11.3 Å². The molecule has 0 aliphatic carbocycles. The van der Waals surface area contributed by atoms with Crippen molar-refractivity contribution < 1.29 is 22.8 Å². The summed E-state index contributed by atoms with van der Waals surface area (Å²) in [5.74, 6) is -0.614. The molecule has 12 heteroatoms. The summed E-state index contributed by atoms with van der Waals surface area (Å²) in [7, 11) is 1.70. The average Bonchev–Trinajstić information content (AvgIpc) is 3.27. The zero-order valence-corrected chi connectivity index (χ0v) is 19.4. The fourth-order valence-corrected chi connectivity index (χ4v) is 4.48. The lowest BCUT2D eigenvalue weighted by molar-refractivity contribution is -0.141. The maximum atomic E-state index is 13.0. The Morgan fingerprint density at radius 2 is 1.97 bits per heavy atom. The molecule has 1 aliphatic heterocycles. The monoisotopic (exact) mass is 490 g/mol. The molecule has 1 N–H and O–H groups in total. The van der Waals surface area contributed by atoms with Gasteiger partial charge in [-0.2, -0.15) is 13.2 Å². The molecule has 34 heavy (non-hydrogen) atoms. The number of hydrogen-bond acceptors (Lipinski definition) is 7. The molecule has 0 radical (unpaired) electrons. The fraction of sp³-hybridized carbons (Fsp3) is 0.318. The van der Waals surface area contributed by atoms with E-state index >= 15 is 0 Å². The van der Waals surface area contributed by atoms with Crippen molar-refractivity contribution in [3.8, 4) is 10.4 Å².